The molecule has 1 saturated carbocycles. The number of hydrogen-bond donors (Lipinski definition) is 2. The molecule has 0 bridgehead atoms. The molecule has 1 aliphatic heterocycles. The predicted octanol–water partition coefficient (Wildman–Crippen LogP) is 1.24. The molecule has 0 aromatic heterocycles. The lowest BCUT2D eigenvalue weighted by Gasteiger charge is -2.44. The molecule has 1 aliphatic carbocycles. The van der Waals surface area contributed by atoms with Gasteiger partial charge in [0.15, 0.2) is 0 Å². The van der Waals surface area contributed by atoms with E-state index in [0.717, 1.165) is 12.8 Å². The minimum Gasteiger partial charge on any atom is -0.444 e. The molecule has 1 amide bonds. The number of amides is 1. The van der Waals surface area contributed by atoms with Gasteiger partial charge in [0.25, 0.3) is 0 Å². The quantitative estimate of drug-likeness (QED) is 0.740. The number of carbonyl (C=O) groups excluding carboxylic acids is 1. The fourth-order valence-electron chi connectivity index (χ4n) is 2.72. The van der Waals surface area contributed by atoms with E-state index in [4.69, 9.17) is 10.5 Å². The first-order valence-corrected chi connectivity index (χ1v) is 6.63. The fraction of sp³-hybridized carbons (Fsp3) is 0.923. The van der Waals surface area contributed by atoms with Crippen LogP contribution in [0.15, 0.2) is 0 Å². The zero-order valence-electron chi connectivity index (χ0n) is 11.5. The van der Waals surface area contributed by atoms with Crippen LogP contribution in [0, 0.1) is 0 Å². The molecule has 104 valence electrons. The number of carbonyl (C=O) groups is 1. The van der Waals surface area contributed by atoms with Gasteiger partial charge < -0.3 is 20.5 Å². The van der Waals surface area contributed by atoms with E-state index in [-0.39, 0.29) is 18.2 Å². The maximum Gasteiger partial charge on any atom is 0.410 e. The number of hydrogen-bond acceptors (Lipinski definition) is 4. The summed E-state index contributed by atoms with van der Waals surface area (Å²) in [4.78, 5) is 14.0. The van der Waals surface area contributed by atoms with E-state index in [9.17, 15) is 9.90 Å². The first kappa shape index (κ1) is 13.6. The van der Waals surface area contributed by atoms with Crippen LogP contribution in [0.4, 0.5) is 4.79 Å². The lowest BCUT2D eigenvalue weighted by atomic mass is 9.85. The summed E-state index contributed by atoms with van der Waals surface area (Å²) in [5.41, 5.74) is 4.14. The van der Waals surface area contributed by atoms with Crippen LogP contribution in [0.3, 0.4) is 0 Å². The van der Waals surface area contributed by atoms with Crippen LogP contribution < -0.4 is 5.73 Å². The average molecular weight is 256 g/mol. The summed E-state index contributed by atoms with van der Waals surface area (Å²) >= 11 is 0. The summed E-state index contributed by atoms with van der Waals surface area (Å²) in [5.74, 6) is 0. The molecular weight excluding hydrogens is 232 g/mol. The SMILES string of the molecule is CC(C)(C)OC(=O)N1CCC(O)(CN)CC12CC2. The monoisotopic (exact) mass is 256 g/mol. The van der Waals surface area contributed by atoms with Crippen molar-refractivity contribution >= 4 is 6.09 Å². The smallest absolute Gasteiger partial charge is 0.410 e. The van der Waals surface area contributed by atoms with Crippen molar-refractivity contribution in [2.24, 2.45) is 5.73 Å². The van der Waals surface area contributed by atoms with Gasteiger partial charge in [-0.2, -0.15) is 0 Å². The molecule has 1 heterocycles. The Kier molecular flexibility index (Phi) is 3.10. The Morgan fingerprint density at radius 2 is 2.00 bits per heavy atom. The number of rotatable bonds is 1. The standard InChI is InChI=1S/C13H24N2O3/c1-11(2,3)18-10(16)15-7-6-13(17,9-14)8-12(15)4-5-12/h17H,4-9,14H2,1-3H3. The molecule has 5 heteroatoms. The van der Waals surface area contributed by atoms with Gasteiger partial charge in [-0.05, 0) is 40.0 Å². The number of nitrogens with two attached hydrogens (primary N) is 1. The van der Waals surface area contributed by atoms with Crippen LogP contribution in [0.2, 0.25) is 0 Å². The molecule has 18 heavy (non-hydrogen) atoms. The Morgan fingerprint density at radius 3 is 2.44 bits per heavy atom. The van der Waals surface area contributed by atoms with Crippen molar-refractivity contribution in [3.05, 3.63) is 0 Å². The van der Waals surface area contributed by atoms with Crippen LogP contribution in [-0.4, -0.2) is 45.9 Å². The molecule has 1 atom stereocenters. The van der Waals surface area contributed by atoms with E-state index in [0.29, 0.717) is 19.4 Å². The first-order valence-electron chi connectivity index (χ1n) is 6.63. The third kappa shape index (κ3) is 2.62. The second-order valence-electron chi connectivity index (χ2n) is 6.71. The van der Waals surface area contributed by atoms with Crippen LogP contribution in [0.1, 0.15) is 46.5 Å². The van der Waals surface area contributed by atoms with Gasteiger partial charge in [-0.25, -0.2) is 4.79 Å². The Morgan fingerprint density at radius 1 is 1.39 bits per heavy atom. The summed E-state index contributed by atoms with van der Waals surface area (Å²) in [6, 6.07) is 0. The molecule has 1 saturated heterocycles. The number of nitrogens with zero attached hydrogens (tertiary/aromatic N) is 1. The lowest BCUT2D eigenvalue weighted by molar-refractivity contribution is -0.0563. The second-order valence-corrected chi connectivity index (χ2v) is 6.71. The van der Waals surface area contributed by atoms with Crippen LogP contribution in [0.25, 0.3) is 0 Å². The normalized spacial score (nSPS) is 30.4. The Bertz CT molecular complexity index is 347. The van der Waals surface area contributed by atoms with E-state index >= 15 is 0 Å². The molecule has 2 fully saturated rings. The van der Waals surface area contributed by atoms with Gasteiger partial charge in [0.05, 0.1) is 5.60 Å². The van der Waals surface area contributed by atoms with Crippen LogP contribution >= 0.6 is 0 Å². The molecule has 0 aromatic carbocycles. The minimum atomic E-state index is -0.811. The van der Waals surface area contributed by atoms with Crippen molar-refractivity contribution in [1.82, 2.24) is 4.90 Å². The molecule has 0 aromatic rings. The molecule has 3 N–H and O–H groups in total. The number of ether oxygens (including phenoxy) is 1. The Hall–Kier alpha value is -0.810. The topological polar surface area (TPSA) is 75.8 Å². The summed E-state index contributed by atoms with van der Waals surface area (Å²) in [7, 11) is 0. The summed E-state index contributed by atoms with van der Waals surface area (Å²) in [5, 5.41) is 10.3. The maximum absolute atomic E-state index is 12.2. The molecular formula is C13H24N2O3. The highest BCUT2D eigenvalue weighted by molar-refractivity contribution is 5.70. The van der Waals surface area contributed by atoms with Gasteiger partial charge in [-0.1, -0.05) is 0 Å². The summed E-state index contributed by atoms with van der Waals surface area (Å²) in [6.07, 6.45) is 2.72. The van der Waals surface area contributed by atoms with Gasteiger partial charge in [0.2, 0.25) is 0 Å². The van der Waals surface area contributed by atoms with E-state index in [2.05, 4.69) is 0 Å². The highest BCUT2D eigenvalue weighted by Gasteiger charge is 2.57. The fourth-order valence-corrected chi connectivity index (χ4v) is 2.72. The largest absolute Gasteiger partial charge is 0.444 e. The third-order valence-corrected chi connectivity index (χ3v) is 3.85. The van der Waals surface area contributed by atoms with Crippen molar-refractivity contribution in [1.29, 1.82) is 0 Å². The number of piperidine rings is 1. The van der Waals surface area contributed by atoms with Crippen molar-refractivity contribution < 1.29 is 14.6 Å². The zero-order valence-corrected chi connectivity index (χ0v) is 11.5. The predicted molar refractivity (Wildman–Crippen MR) is 68.1 cm³/mol. The van der Waals surface area contributed by atoms with Gasteiger partial charge in [-0.3, -0.25) is 0 Å². The molecule has 1 spiro atoms. The second kappa shape index (κ2) is 4.10. The number of aliphatic hydroxyl groups is 1. The zero-order chi connectivity index (χ0) is 13.6. The van der Waals surface area contributed by atoms with E-state index in [1.165, 1.54) is 0 Å². The van der Waals surface area contributed by atoms with Crippen molar-refractivity contribution in [2.75, 3.05) is 13.1 Å². The highest BCUT2D eigenvalue weighted by Crippen LogP contribution is 2.51. The molecule has 1 unspecified atom stereocenters. The molecule has 2 rings (SSSR count). The first-order chi connectivity index (χ1) is 8.20. The van der Waals surface area contributed by atoms with Gasteiger partial charge in [-0.15, -0.1) is 0 Å². The van der Waals surface area contributed by atoms with E-state index < -0.39 is 11.2 Å². The summed E-state index contributed by atoms with van der Waals surface area (Å²) < 4.78 is 5.43. The third-order valence-electron chi connectivity index (χ3n) is 3.85. The van der Waals surface area contributed by atoms with Crippen LogP contribution in [0.5, 0.6) is 0 Å². The van der Waals surface area contributed by atoms with Crippen LogP contribution in [-0.2, 0) is 4.74 Å². The van der Waals surface area contributed by atoms with Gasteiger partial charge >= 0.3 is 6.09 Å². The highest BCUT2D eigenvalue weighted by atomic mass is 16.6. The van der Waals surface area contributed by atoms with E-state index in [1.54, 1.807) is 4.90 Å². The van der Waals surface area contributed by atoms with Crippen molar-refractivity contribution in [2.45, 2.75) is 63.2 Å². The van der Waals surface area contributed by atoms with E-state index in [1.807, 2.05) is 20.8 Å². The van der Waals surface area contributed by atoms with Crippen molar-refractivity contribution in [3.8, 4) is 0 Å². The summed E-state index contributed by atoms with van der Waals surface area (Å²) in [6.45, 7) is 6.39. The van der Waals surface area contributed by atoms with Gasteiger partial charge in [0.1, 0.15) is 5.60 Å². The number of likely N-dealkylation sites (tertiary alicyclic amines) is 1. The Balaban J connectivity index is 2.06. The maximum atomic E-state index is 12.2. The lowest BCUT2D eigenvalue weighted by Crippen LogP contribution is -2.57. The molecule has 2 aliphatic rings. The Labute approximate surface area is 108 Å². The van der Waals surface area contributed by atoms with Crippen molar-refractivity contribution in [3.63, 3.8) is 0 Å². The molecule has 0 radical (unpaired) electrons. The minimum absolute atomic E-state index is 0.200. The average Bonchev–Trinajstić information content (AvgIpc) is 2.95. The van der Waals surface area contributed by atoms with Gasteiger partial charge in [0, 0.05) is 25.0 Å². The molecule has 5 nitrogen and oxygen atoms in total.